The molecule has 1 saturated heterocycles. The van der Waals surface area contributed by atoms with Crippen LogP contribution in [-0.2, 0) is 10.0 Å². The Morgan fingerprint density at radius 1 is 1.38 bits per heavy atom. The lowest BCUT2D eigenvalue weighted by atomic mass is 9.83. The van der Waals surface area contributed by atoms with E-state index in [1.165, 1.54) is 4.31 Å². The normalized spacial score (nSPS) is 19.7. The van der Waals surface area contributed by atoms with E-state index in [2.05, 4.69) is 29.8 Å². The molecule has 1 heterocycles. The molecule has 0 bridgehead atoms. The zero-order valence-corrected chi connectivity index (χ0v) is 14.9. The number of benzene rings is 1. The Morgan fingerprint density at radius 3 is 2.43 bits per heavy atom. The van der Waals surface area contributed by atoms with Gasteiger partial charge in [0.1, 0.15) is 4.90 Å². The number of nitrogens with two attached hydrogens (primary N) is 1. The first-order valence-electron chi connectivity index (χ1n) is 6.49. The first-order chi connectivity index (χ1) is 9.56. The van der Waals surface area contributed by atoms with E-state index in [-0.39, 0.29) is 20.6 Å². The van der Waals surface area contributed by atoms with Gasteiger partial charge in [0, 0.05) is 13.1 Å². The lowest BCUT2D eigenvalue weighted by molar-refractivity contribution is 0.195. The molecule has 0 saturated carbocycles. The highest BCUT2D eigenvalue weighted by Gasteiger charge is 2.35. The van der Waals surface area contributed by atoms with Gasteiger partial charge in [-0.3, -0.25) is 0 Å². The van der Waals surface area contributed by atoms with Gasteiger partial charge in [-0.2, -0.15) is 4.31 Å². The topological polar surface area (TPSA) is 63.4 Å². The molecule has 0 spiro atoms. The summed E-state index contributed by atoms with van der Waals surface area (Å²) in [7, 11) is -3.93. The van der Waals surface area contributed by atoms with Gasteiger partial charge in [0.25, 0.3) is 0 Å². The summed E-state index contributed by atoms with van der Waals surface area (Å²) < 4.78 is 40.9. The molecule has 1 aromatic carbocycles. The molecule has 0 aromatic heterocycles. The van der Waals surface area contributed by atoms with Crippen molar-refractivity contribution in [3.63, 3.8) is 0 Å². The first-order valence-corrected chi connectivity index (χ1v) is 9.10. The van der Waals surface area contributed by atoms with E-state index >= 15 is 0 Å². The fourth-order valence-corrected chi connectivity index (χ4v) is 4.37. The van der Waals surface area contributed by atoms with Gasteiger partial charge in [0.15, 0.2) is 5.82 Å². The molecule has 0 aliphatic carbocycles. The molecule has 2 rings (SSSR count). The number of nitrogens with zero attached hydrogens (tertiary/aromatic N) is 1. The van der Waals surface area contributed by atoms with Gasteiger partial charge < -0.3 is 5.73 Å². The van der Waals surface area contributed by atoms with E-state index in [9.17, 15) is 12.8 Å². The van der Waals surface area contributed by atoms with Gasteiger partial charge in [-0.05, 0) is 40.3 Å². The maximum Gasteiger partial charge on any atom is 0.246 e. The number of halogens is 3. The molecule has 2 N–H and O–H groups in total. The molecule has 21 heavy (non-hydrogen) atoms. The van der Waals surface area contributed by atoms with E-state index in [1.807, 2.05) is 0 Å². The summed E-state index contributed by atoms with van der Waals surface area (Å²) >= 11 is 8.94. The van der Waals surface area contributed by atoms with Gasteiger partial charge in [0.05, 0.1) is 15.2 Å². The van der Waals surface area contributed by atoms with Crippen molar-refractivity contribution in [3.05, 3.63) is 21.4 Å². The zero-order chi connectivity index (χ0) is 16.0. The smallest absolute Gasteiger partial charge is 0.246 e. The van der Waals surface area contributed by atoms with Crippen molar-refractivity contribution in [2.24, 2.45) is 5.41 Å². The molecule has 4 nitrogen and oxygen atoms in total. The van der Waals surface area contributed by atoms with Gasteiger partial charge >= 0.3 is 0 Å². The minimum atomic E-state index is -3.93. The van der Waals surface area contributed by atoms with Crippen LogP contribution < -0.4 is 5.73 Å². The van der Waals surface area contributed by atoms with Crippen molar-refractivity contribution >= 4 is 43.2 Å². The van der Waals surface area contributed by atoms with Crippen molar-refractivity contribution in [1.29, 1.82) is 0 Å². The van der Waals surface area contributed by atoms with Gasteiger partial charge in [-0.15, -0.1) is 0 Å². The molecular weight excluding hydrogens is 383 g/mol. The van der Waals surface area contributed by atoms with Crippen LogP contribution in [0.5, 0.6) is 0 Å². The van der Waals surface area contributed by atoms with Crippen molar-refractivity contribution in [3.8, 4) is 0 Å². The van der Waals surface area contributed by atoms with Crippen LogP contribution in [0.4, 0.5) is 10.1 Å². The lowest BCUT2D eigenvalue weighted by Gasteiger charge is -2.36. The molecular formula is C13H17BrClFN2O2S. The number of rotatable bonds is 2. The molecule has 1 fully saturated rings. The van der Waals surface area contributed by atoms with Crippen molar-refractivity contribution in [2.45, 2.75) is 31.6 Å². The zero-order valence-electron chi connectivity index (χ0n) is 11.8. The average Bonchev–Trinajstić information content (AvgIpc) is 2.40. The molecule has 1 aliphatic rings. The van der Waals surface area contributed by atoms with Gasteiger partial charge in [-0.1, -0.05) is 25.4 Å². The quantitative estimate of drug-likeness (QED) is 0.610. The van der Waals surface area contributed by atoms with Gasteiger partial charge in [0.2, 0.25) is 10.0 Å². The number of piperidine rings is 1. The number of anilines is 1. The van der Waals surface area contributed by atoms with Crippen molar-refractivity contribution in [2.75, 3.05) is 18.8 Å². The minimum absolute atomic E-state index is 0.0739. The lowest BCUT2D eigenvalue weighted by Crippen LogP contribution is -2.41. The van der Waals surface area contributed by atoms with Crippen LogP contribution in [0.25, 0.3) is 0 Å². The second kappa shape index (κ2) is 5.68. The Kier molecular flexibility index (Phi) is 4.60. The summed E-state index contributed by atoms with van der Waals surface area (Å²) in [6.07, 6.45) is 1.46. The van der Waals surface area contributed by atoms with E-state index < -0.39 is 20.7 Å². The average molecular weight is 400 g/mol. The Labute approximate surface area is 137 Å². The Morgan fingerprint density at radius 2 is 1.90 bits per heavy atom. The molecule has 1 aliphatic heterocycles. The first kappa shape index (κ1) is 17.0. The molecule has 1 aromatic rings. The second-order valence-electron chi connectivity index (χ2n) is 5.97. The summed E-state index contributed by atoms with van der Waals surface area (Å²) in [6, 6.07) is 1.10. The third-order valence-corrected chi connectivity index (χ3v) is 7.13. The number of hydrogen-bond acceptors (Lipinski definition) is 3. The Bertz CT molecular complexity index is 669. The monoisotopic (exact) mass is 398 g/mol. The molecule has 0 amide bonds. The van der Waals surface area contributed by atoms with Crippen molar-refractivity contribution < 1.29 is 12.8 Å². The molecule has 0 unspecified atom stereocenters. The molecule has 118 valence electrons. The van der Waals surface area contributed by atoms with Crippen LogP contribution in [0, 0.1) is 11.2 Å². The number of nitrogen functional groups attached to an aromatic ring is 1. The van der Waals surface area contributed by atoms with Crippen LogP contribution in [0.3, 0.4) is 0 Å². The van der Waals surface area contributed by atoms with Crippen LogP contribution >= 0.6 is 27.5 Å². The third kappa shape index (κ3) is 3.21. The number of hydrogen-bond donors (Lipinski definition) is 1. The van der Waals surface area contributed by atoms with Crippen molar-refractivity contribution in [1.82, 2.24) is 4.31 Å². The van der Waals surface area contributed by atoms with Crippen LogP contribution in [0.2, 0.25) is 5.02 Å². The number of sulfonamides is 1. The Balaban J connectivity index is 2.42. The van der Waals surface area contributed by atoms with E-state index in [0.29, 0.717) is 13.1 Å². The fourth-order valence-electron chi connectivity index (χ4n) is 2.26. The largest absolute Gasteiger partial charge is 0.395 e. The molecule has 8 heteroatoms. The van der Waals surface area contributed by atoms with E-state index in [4.69, 9.17) is 17.3 Å². The molecule has 0 radical (unpaired) electrons. The summed E-state index contributed by atoms with van der Waals surface area (Å²) in [4.78, 5) is -0.465. The maximum atomic E-state index is 14.2. The highest BCUT2D eigenvalue weighted by Crippen LogP contribution is 2.37. The Hall–Kier alpha value is -0.370. The molecule has 0 atom stereocenters. The SMILES string of the molecule is CC1(C)CCN(S(=O)(=O)c2cc(Cl)c(Br)c(N)c2F)CC1. The highest BCUT2D eigenvalue weighted by atomic mass is 79.9. The standard InChI is InChI=1S/C13H17BrClFN2O2S/c1-13(2)3-5-18(6-4-13)21(19,20)9-7-8(15)10(14)12(17)11(9)16/h7H,3-6,17H2,1-2H3. The predicted molar refractivity (Wildman–Crippen MR) is 85.3 cm³/mol. The summed E-state index contributed by atoms with van der Waals surface area (Å²) in [5.74, 6) is -0.962. The second-order valence-corrected chi connectivity index (χ2v) is 9.07. The highest BCUT2D eigenvalue weighted by molar-refractivity contribution is 9.10. The van der Waals surface area contributed by atoms with E-state index in [1.54, 1.807) is 0 Å². The third-order valence-electron chi connectivity index (χ3n) is 3.85. The maximum absolute atomic E-state index is 14.2. The van der Waals surface area contributed by atoms with Crippen LogP contribution in [0.1, 0.15) is 26.7 Å². The van der Waals surface area contributed by atoms with Gasteiger partial charge in [-0.25, -0.2) is 12.8 Å². The fraction of sp³-hybridized carbons (Fsp3) is 0.538. The predicted octanol–water partition coefficient (Wildman–Crippen LogP) is 3.63. The summed E-state index contributed by atoms with van der Waals surface area (Å²) in [6.45, 7) is 4.91. The minimum Gasteiger partial charge on any atom is -0.395 e. The summed E-state index contributed by atoms with van der Waals surface area (Å²) in [5.41, 5.74) is 5.37. The summed E-state index contributed by atoms with van der Waals surface area (Å²) in [5, 5.41) is 0.0739. The van der Waals surface area contributed by atoms with Crippen LogP contribution in [-0.4, -0.2) is 25.8 Å². The van der Waals surface area contributed by atoms with Crippen LogP contribution in [0.15, 0.2) is 15.4 Å². The van der Waals surface area contributed by atoms with E-state index in [0.717, 1.165) is 18.9 Å².